The highest BCUT2D eigenvalue weighted by Gasteiger charge is 2.27. The lowest BCUT2D eigenvalue weighted by Gasteiger charge is -2.36. The largest absolute Gasteiger partial charge is 0.444 e. The molecule has 2 heterocycles. The Labute approximate surface area is 153 Å². The average molecular weight is 369 g/mol. The van der Waals surface area contributed by atoms with Gasteiger partial charge in [-0.1, -0.05) is 6.07 Å². The van der Waals surface area contributed by atoms with E-state index in [9.17, 15) is 9.90 Å². The van der Waals surface area contributed by atoms with Crippen LogP contribution < -0.4 is 5.73 Å². The van der Waals surface area contributed by atoms with E-state index >= 15 is 0 Å². The fourth-order valence-electron chi connectivity index (χ4n) is 2.44. The predicted molar refractivity (Wildman–Crippen MR) is 99.8 cm³/mol. The van der Waals surface area contributed by atoms with Gasteiger partial charge in [0, 0.05) is 31.1 Å². The standard InChI is InChI=1S/C17H28N4O3S/c1-16(2,3)24-15(22)21-9-7-20(8-10-21)14(18)19-12-17(4,23)13-6-5-11-25-13/h5-6,11,23H,7-10,12H2,1-4H3,(H2,18,19). The van der Waals surface area contributed by atoms with Gasteiger partial charge >= 0.3 is 6.09 Å². The lowest BCUT2D eigenvalue weighted by atomic mass is 10.1. The van der Waals surface area contributed by atoms with Crippen LogP contribution in [0.25, 0.3) is 0 Å². The van der Waals surface area contributed by atoms with Crippen molar-refractivity contribution in [2.45, 2.75) is 38.9 Å². The third-order valence-corrected chi connectivity index (χ3v) is 4.98. The van der Waals surface area contributed by atoms with Crippen LogP contribution in [-0.2, 0) is 10.3 Å². The molecular weight excluding hydrogens is 340 g/mol. The van der Waals surface area contributed by atoms with Gasteiger partial charge in [-0.2, -0.15) is 0 Å². The van der Waals surface area contributed by atoms with Crippen molar-refractivity contribution in [2.24, 2.45) is 10.7 Å². The number of carbonyl (C=O) groups is 1. The van der Waals surface area contributed by atoms with E-state index < -0.39 is 11.2 Å². The third kappa shape index (κ3) is 5.61. The maximum atomic E-state index is 12.1. The fourth-order valence-corrected chi connectivity index (χ4v) is 3.22. The number of hydrogen-bond donors (Lipinski definition) is 2. The smallest absolute Gasteiger partial charge is 0.410 e. The Morgan fingerprint density at radius 2 is 1.88 bits per heavy atom. The molecule has 0 radical (unpaired) electrons. The second-order valence-electron chi connectivity index (χ2n) is 7.38. The minimum Gasteiger partial charge on any atom is -0.444 e. The number of aliphatic hydroxyl groups is 1. The molecule has 0 spiro atoms. The van der Waals surface area contributed by atoms with Crippen LogP contribution in [-0.4, -0.2) is 65.3 Å². The molecule has 0 saturated carbocycles. The molecule has 1 saturated heterocycles. The number of piperazine rings is 1. The summed E-state index contributed by atoms with van der Waals surface area (Å²) in [5.41, 5.74) is 4.54. The van der Waals surface area contributed by atoms with E-state index in [0.717, 1.165) is 4.88 Å². The van der Waals surface area contributed by atoms with Crippen molar-refractivity contribution in [3.05, 3.63) is 22.4 Å². The molecule has 0 aliphatic carbocycles. The number of aliphatic imine (C=N–C) groups is 1. The van der Waals surface area contributed by atoms with Gasteiger partial charge in [-0.25, -0.2) is 9.79 Å². The molecule has 1 atom stereocenters. The number of ether oxygens (including phenoxy) is 1. The fraction of sp³-hybridized carbons (Fsp3) is 0.647. The molecule has 2 rings (SSSR count). The summed E-state index contributed by atoms with van der Waals surface area (Å²) >= 11 is 1.49. The highest BCUT2D eigenvalue weighted by molar-refractivity contribution is 7.10. The molecule has 1 aliphatic heterocycles. The van der Waals surface area contributed by atoms with E-state index in [1.807, 2.05) is 43.2 Å². The molecule has 0 bridgehead atoms. The minimum absolute atomic E-state index is 0.200. The molecule has 1 unspecified atom stereocenters. The van der Waals surface area contributed by atoms with Crippen LogP contribution in [0.3, 0.4) is 0 Å². The minimum atomic E-state index is -1.03. The second-order valence-corrected chi connectivity index (χ2v) is 8.33. The monoisotopic (exact) mass is 368 g/mol. The number of carbonyl (C=O) groups excluding carboxylic acids is 1. The van der Waals surface area contributed by atoms with Gasteiger partial charge in [-0.15, -0.1) is 11.3 Å². The van der Waals surface area contributed by atoms with Gasteiger partial charge in [0.05, 0.1) is 6.54 Å². The highest BCUT2D eigenvalue weighted by atomic mass is 32.1. The first-order valence-corrected chi connectivity index (χ1v) is 9.25. The highest BCUT2D eigenvalue weighted by Crippen LogP contribution is 2.25. The molecule has 8 heteroatoms. The molecule has 1 aliphatic rings. The van der Waals surface area contributed by atoms with Crippen LogP contribution in [0.2, 0.25) is 0 Å². The van der Waals surface area contributed by atoms with Crippen LogP contribution in [0.15, 0.2) is 22.5 Å². The first-order valence-electron chi connectivity index (χ1n) is 8.38. The average Bonchev–Trinajstić information content (AvgIpc) is 3.06. The van der Waals surface area contributed by atoms with E-state index in [1.165, 1.54) is 11.3 Å². The van der Waals surface area contributed by atoms with Gasteiger partial charge < -0.3 is 25.4 Å². The van der Waals surface area contributed by atoms with Crippen molar-refractivity contribution in [3.8, 4) is 0 Å². The van der Waals surface area contributed by atoms with E-state index in [2.05, 4.69) is 4.99 Å². The zero-order chi connectivity index (χ0) is 18.7. The van der Waals surface area contributed by atoms with Gasteiger partial charge in [0.2, 0.25) is 0 Å². The molecule has 0 aromatic carbocycles. The van der Waals surface area contributed by atoms with Crippen molar-refractivity contribution in [1.82, 2.24) is 9.80 Å². The number of amides is 1. The van der Waals surface area contributed by atoms with Crippen LogP contribution in [0.5, 0.6) is 0 Å². The van der Waals surface area contributed by atoms with E-state index in [4.69, 9.17) is 10.5 Å². The molecule has 140 valence electrons. The zero-order valence-corrected chi connectivity index (χ0v) is 16.2. The van der Waals surface area contributed by atoms with Crippen LogP contribution >= 0.6 is 11.3 Å². The summed E-state index contributed by atoms with van der Waals surface area (Å²) in [6, 6.07) is 3.79. The summed E-state index contributed by atoms with van der Waals surface area (Å²) < 4.78 is 5.38. The summed E-state index contributed by atoms with van der Waals surface area (Å²) in [4.78, 5) is 20.9. The Bertz CT molecular complexity index is 600. The SMILES string of the molecule is CC(C)(C)OC(=O)N1CCN(C(N)=NCC(C)(O)c2cccs2)CC1. The summed E-state index contributed by atoms with van der Waals surface area (Å²) in [7, 11) is 0. The molecule has 1 aromatic rings. The number of nitrogens with zero attached hydrogens (tertiary/aromatic N) is 3. The Kier molecular flexibility index (Phi) is 5.95. The number of guanidine groups is 1. The van der Waals surface area contributed by atoms with Crippen LogP contribution in [0.4, 0.5) is 4.79 Å². The first-order chi connectivity index (χ1) is 11.6. The molecule has 25 heavy (non-hydrogen) atoms. The van der Waals surface area contributed by atoms with E-state index in [-0.39, 0.29) is 12.6 Å². The number of thiophene rings is 1. The second kappa shape index (κ2) is 7.61. The molecule has 3 N–H and O–H groups in total. The Hall–Kier alpha value is -1.80. The maximum absolute atomic E-state index is 12.1. The summed E-state index contributed by atoms with van der Waals surface area (Å²) in [5, 5.41) is 12.4. The molecule has 1 fully saturated rings. The molecule has 7 nitrogen and oxygen atoms in total. The summed E-state index contributed by atoms with van der Waals surface area (Å²) in [5.74, 6) is 0.390. The van der Waals surface area contributed by atoms with Gasteiger partial charge in [0.1, 0.15) is 11.2 Å². The Morgan fingerprint density at radius 1 is 1.28 bits per heavy atom. The quantitative estimate of drug-likeness (QED) is 0.627. The zero-order valence-electron chi connectivity index (χ0n) is 15.4. The lowest BCUT2D eigenvalue weighted by Crippen LogP contribution is -2.53. The first kappa shape index (κ1) is 19.5. The molecule has 1 aromatic heterocycles. The van der Waals surface area contributed by atoms with Crippen molar-refractivity contribution >= 4 is 23.4 Å². The molecular formula is C17H28N4O3S. The number of hydrogen-bond acceptors (Lipinski definition) is 5. The third-order valence-electron chi connectivity index (χ3n) is 3.86. The van der Waals surface area contributed by atoms with Gasteiger partial charge in [-0.3, -0.25) is 0 Å². The summed E-state index contributed by atoms with van der Waals surface area (Å²) in [6.45, 7) is 9.74. The number of nitrogens with two attached hydrogens (primary N) is 1. The topological polar surface area (TPSA) is 91.4 Å². The van der Waals surface area contributed by atoms with Gasteiger partial charge in [0.15, 0.2) is 5.96 Å². The van der Waals surface area contributed by atoms with Crippen molar-refractivity contribution in [1.29, 1.82) is 0 Å². The lowest BCUT2D eigenvalue weighted by molar-refractivity contribution is 0.0186. The van der Waals surface area contributed by atoms with Crippen LogP contribution in [0.1, 0.15) is 32.6 Å². The maximum Gasteiger partial charge on any atom is 0.410 e. The van der Waals surface area contributed by atoms with Crippen molar-refractivity contribution in [2.75, 3.05) is 32.7 Å². The van der Waals surface area contributed by atoms with Crippen molar-refractivity contribution < 1.29 is 14.6 Å². The van der Waals surface area contributed by atoms with Gasteiger partial charge in [0.25, 0.3) is 0 Å². The van der Waals surface area contributed by atoms with Crippen molar-refractivity contribution in [3.63, 3.8) is 0 Å². The van der Waals surface area contributed by atoms with E-state index in [1.54, 1.807) is 11.8 Å². The predicted octanol–water partition coefficient (Wildman–Crippen LogP) is 1.82. The normalized spacial score (nSPS) is 18.8. The van der Waals surface area contributed by atoms with E-state index in [0.29, 0.717) is 32.1 Å². The van der Waals surface area contributed by atoms with Gasteiger partial charge in [-0.05, 0) is 39.1 Å². The number of rotatable bonds is 3. The molecule has 1 amide bonds. The Morgan fingerprint density at radius 3 is 2.40 bits per heavy atom. The summed E-state index contributed by atoms with van der Waals surface area (Å²) in [6.07, 6.45) is -0.303. The Balaban J connectivity index is 1.86. The van der Waals surface area contributed by atoms with Crippen LogP contribution in [0, 0.1) is 0 Å².